The predicted octanol–water partition coefficient (Wildman–Crippen LogP) is 5.91. The van der Waals surface area contributed by atoms with E-state index in [1.807, 2.05) is 3.28 Å². The molecule has 2 aromatic carbocycles. The Morgan fingerprint density at radius 3 is 1.56 bits per heavy atom. The van der Waals surface area contributed by atoms with Crippen LogP contribution in [0.2, 0.25) is 0 Å². The molecule has 1 unspecified atom stereocenters. The molecule has 0 aromatic heterocycles. The molecule has 4 bridgehead atoms. The van der Waals surface area contributed by atoms with E-state index in [0.29, 0.717) is 15.0 Å². The third-order valence-corrected chi connectivity index (χ3v) is 23.1. The minimum absolute atomic E-state index is 0. The Kier molecular flexibility index (Phi) is 8.32. The Morgan fingerprint density at radius 2 is 1.12 bits per heavy atom. The molecule has 1 atom stereocenters. The normalized spacial score (nSPS) is 32.1. The molecular weight excluding hydrogens is 703 g/mol. The molecule has 0 N–H and O–H groups in total. The molecule has 48 heavy (non-hydrogen) atoms. The second-order valence-corrected chi connectivity index (χ2v) is 25.8. The molecule has 0 nitrogen and oxygen atoms in total. The van der Waals surface area contributed by atoms with Crippen LogP contribution in [0.15, 0.2) is 57.4 Å². The van der Waals surface area contributed by atoms with Crippen LogP contribution in [0.25, 0.3) is 22.3 Å². The zero-order valence-electron chi connectivity index (χ0n) is 30.9. The summed E-state index contributed by atoms with van der Waals surface area (Å²) in [6.07, 6.45) is 18.2. The minimum Gasteiger partial charge on any atom is -1.00 e. The van der Waals surface area contributed by atoms with Gasteiger partial charge in [-0.25, -0.2) is 0 Å². The number of hydrogen-bond donors (Lipinski definition) is 0. The van der Waals surface area contributed by atoms with Gasteiger partial charge in [0.05, 0.1) is 0 Å². The Balaban J connectivity index is 0.00000182. The smallest absolute Gasteiger partial charge is 1.00 e. The number of benzene rings is 2. The van der Waals surface area contributed by atoms with Gasteiger partial charge in [0.25, 0.3) is 0 Å². The van der Waals surface area contributed by atoms with Crippen LogP contribution in [-0.2, 0) is 32.1 Å². The maximum atomic E-state index is 2.86. The molecule has 252 valence electrons. The van der Waals surface area contributed by atoms with Crippen LogP contribution in [0.4, 0.5) is 0 Å². The Bertz CT molecular complexity index is 1810. The summed E-state index contributed by atoms with van der Waals surface area (Å²) in [5, 5.41) is 0. The van der Waals surface area contributed by atoms with E-state index in [9.17, 15) is 0 Å². The van der Waals surface area contributed by atoms with Gasteiger partial charge in [-0.1, -0.05) is 0 Å². The van der Waals surface area contributed by atoms with Crippen molar-refractivity contribution in [3.05, 3.63) is 90.8 Å². The van der Waals surface area contributed by atoms with Crippen LogP contribution in [0, 0.1) is 35.0 Å². The SMILES string of the molecule is CC1=CC(C)(C)c2cc3c(cc21)-c1cc2c(cc1[CH]3[Zr+2]([C]1=CC(C3(C)C4CC5CC(C4)CC3C5)=CC1C)=[C](C)C)C(C)(C)C=C2C.[Cl-].[Cl-]. The minimum atomic E-state index is -2.41. The van der Waals surface area contributed by atoms with Gasteiger partial charge in [-0.2, -0.15) is 0 Å². The van der Waals surface area contributed by atoms with E-state index in [-0.39, 0.29) is 35.6 Å². The molecule has 4 fully saturated rings. The van der Waals surface area contributed by atoms with Gasteiger partial charge in [-0.15, -0.1) is 0 Å². The largest absolute Gasteiger partial charge is 1.00 e. The number of halogens is 2. The Morgan fingerprint density at radius 1 is 0.667 bits per heavy atom. The average Bonchev–Trinajstić information content (AvgIpc) is 3.64. The molecule has 10 rings (SSSR count). The van der Waals surface area contributed by atoms with Crippen molar-refractivity contribution in [1.82, 2.24) is 0 Å². The monoisotopic (exact) mass is 754 g/mol. The second-order valence-electron chi connectivity index (χ2n) is 18.5. The third-order valence-electron chi connectivity index (χ3n) is 14.5. The van der Waals surface area contributed by atoms with Gasteiger partial charge in [0.15, 0.2) is 0 Å². The molecular formula is C45H54Cl2Zr. The zero-order chi connectivity index (χ0) is 32.2. The van der Waals surface area contributed by atoms with Crippen LogP contribution >= 0.6 is 0 Å². The molecule has 0 spiro atoms. The van der Waals surface area contributed by atoms with E-state index in [1.54, 1.807) is 31.0 Å². The van der Waals surface area contributed by atoms with Gasteiger partial charge in [0.2, 0.25) is 0 Å². The van der Waals surface area contributed by atoms with Crippen LogP contribution < -0.4 is 24.8 Å². The molecule has 0 heterocycles. The molecule has 8 aliphatic carbocycles. The van der Waals surface area contributed by atoms with Crippen molar-refractivity contribution in [2.45, 2.75) is 116 Å². The molecule has 0 saturated heterocycles. The molecule has 0 aliphatic heterocycles. The van der Waals surface area contributed by atoms with Gasteiger partial charge in [-0.05, 0) is 0 Å². The first-order valence-corrected chi connectivity index (χ1v) is 22.4. The maximum absolute atomic E-state index is 2.86. The average molecular weight is 757 g/mol. The summed E-state index contributed by atoms with van der Waals surface area (Å²) in [4.78, 5) is 0. The van der Waals surface area contributed by atoms with Crippen molar-refractivity contribution in [2.24, 2.45) is 35.0 Å². The predicted molar refractivity (Wildman–Crippen MR) is 194 cm³/mol. The van der Waals surface area contributed by atoms with Crippen LogP contribution in [0.3, 0.4) is 0 Å². The molecule has 4 saturated carbocycles. The fourth-order valence-electron chi connectivity index (χ4n) is 12.5. The van der Waals surface area contributed by atoms with E-state index in [2.05, 4.69) is 118 Å². The first-order valence-electron chi connectivity index (χ1n) is 18.6. The molecule has 2 aromatic rings. The van der Waals surface area contributed by atoms with Crippen molar-refractivity contribution < 1.29 is 46.1 Å². The summed E-state index contributed by atoms with van der Waals surface area (Å²) in [6.45, 7) is 24.7. The summed E-state index contributed by atoms with van der Waals surface area (Å²) in [6, 6.07) is 10.6. The summed E-state index contributed by atoms with van der Waals surface area (Å²) >= 11 is -2.41. The number of hydrogen-bond acceptors (Lipinski definition) is 0. The van der Waals surface area contributed by atoms with Crippen molar-refractivity contribution in [1.29, 1.82) is 0 Å². The quantitative estimate of drug-likeness (QED) is 0.366. The Hall–Kier alpha value is -1.27. The van der Waals surface area contributed by atoms with Gasteiger partial charge < -0.3 is 24.8 Å². The summed E-state index contributed by atoms with van der Waals surface area (Å²) in [7, 11) is 0. The fourth-order valence-corrected chi connectivity index (χ4v) is 21.0. The number of allylic oxidation sites excluding steroid dienone is 8. The van der Waals surface area contributed by atoms with Crippen molar-refractivity contribution >= 4 is 14.4 Å². The van der Waals surface area contributed by atoms with Gasteiger partial charge >= 0.3 is 288 Å². The number of rotatable bonds is 3. The summed E-state index contributed by atoms with van der Waals surface area (Å²) in [5.74, 6) is 4.44. The molecule has 8 aliphatic rings. The van der Waals surface area contributed by atoms with Crippen molar-refractivity contribution in [3.8, 4) is 11.1 Å². The molecule has 0 radical (unpaired) electrons. The van der Waals surface area contributed by atoms with E-state index in [4.69, 9.17) is 0 Å². The van der Waals surface area contributed by atoms with E-state index >= 15 is 0 Å². The summed E-state index contributed by atoms with van der Waals surface area (Å²) in [5.41, 5.74) is 17.7. The van der Waals surface area contributed by atoms with E-state index in [0.717, 1.165) is 23.7 Å². The van der Waals surface area contributed by atoms with Crippen molar-refractivity contribution in [2.75, 3.05) is 0 Å². The van der Waals surface area contributed by atoms with Gasteiger partial charge in [-0.3, -0.25) is 0 Å². The van der Waals surface area contributed by atoms with E-state index in [1.165, 1.54) is 65.5 Å². The third kappa shape index (κ3) is 4.71. The van der Waals surface area contributed by atoms with Gasteiger partial charge in [0.1, 0.15) is 0 Å². The van der Waals surface area contributed by atoms with Crippen LogP contribution in [0.5, 0.6) is 0 Å². The standard InChI is InChI=1S/C25H25.C17H23.C3H6.2ClH.Zr/c1-14-12-24(3,4)22-8-16-7-17-9-23-19(15(2)13-25(23,5)6)11-21(17)20(16)10-18(14)22;1-11-3-4-14(5-11)17(2)15-7-12-6-13(9-15)10-16(17)8-12;1-3-2;;;/h7-13H,1-6H3;4-5,11-13,15-16H,6-10H2,1-2H3;1-2H3;2*1H;/q;;;;;+2/p-2. The van der Waals surface area contributed by atoms with Crippen molar-refractivity contribution in [3.63, 3.8) is 0 Å². The zero-order valence-corrected chi connectivity index (χ0v) is 34.8. The topological polar surface area (TPSA) is 0 Å². The molecule has 3 heteroatoms. The maximum Gasteiger partial charge on any atom is -1.00 e. The first kappa shape index (κ1) is 35.1. The van der Waals surface area contributed by atoms with Gasteiger partial charge in [0, 0.05) is 0 Å². The van der Waals surface area contributed by atoms with Crippen LogP contribution in [0.1, 0.15) is 138 Å². The molecule has 0 amide bonds. The van der Waals surface area contributed by atoms with Crippen LogP contribution in [-0.4, -0.2) is 3.21 Å². The fraction of sp³-hybridized carbons (Fsp3) is 0.533. The van der Waals surface area contributed by atoms with E-state index < -0.39 is 21.3 Å². The Labute approximate surface area is 311 Å². The number of fused-ring (bicyclic) bond motifs is 5. The second kappa shape index (κ2) is 11.4. The first-order chi connectivity index (χ1) is 21.7. The summed E-state index contributed by atoms with van der Waals surface area (Å²) < 4.78 is 4.19.